The van der Waals surface area contributed by atoms with E-state index in [-0.39, 0.29) is 25.1 Å². The SMILES string of the molecule is CCN(CCC(=O)O)Cc1ccccc1C(F)(F)F. The molecule has 0 amide bonds. The van der Waals surface area contributed by atoms with Crippen molar-refractivity contribution in [2.24, 2.45) is 0 Å². The van der Waals surface area contributed by atoms with E-state index in [1.54, 1.807) is 17.9 Å². The van der Waals surface area contributed by atoms with E-state index in [0.717, 1.165) is 6.07 Å². The van der Waals surface area contributed by atoms with E-state index in [0.29, 0.717) is 6.54 Å². The summed E-state index contributed by atoms with van der Waals surface area (Å²) < 4.78 is 38.4. The number of hydrogen-bond acceptors (Lipinski definition) is 2. The Bertz CT molecular complexity index is 432. The fourth-order valence-corrected chi connectivity index (χ4v) is 1.78. The van der Waals surface area contributed by atoms with Gasteiger partial charge in [-0.2, -0.15) is 13.2 Å². The van der Waals surface area contributed by atoms with Crippen molar-refractivity contribution in [3.63, 3.8) is 0 Å². The molecule has 0 saturated carbocycles. The molecule has 0 aromatic heterocycles. The molecule has 0 aliphatic heterocycles. The predicted octanol–water partition coefficient (Wildman–Crippen LogP) is 3.00. The first-order valence-electron chi connectivity index (χ1n) is 5.93. The molecule has 0 aliphatic rings. The van der Waals surface area contributed by atoms with E-state index < -0.39 is 17.7 Å². The standard InChI is InChI=1S/C13H16F3NO2/c1-2-17(8-7-12(18)19)9-10-5-3-4-6-11(10)13(14,15)16/h3-6H,2,7-9H2,1H3,(H,18,19). The van der Waals surface area contributed by atoms with E-state index >= 15 is 0 Å². The molecule has 0 saturated heterocycles. The molecule has 0 radical (unpaired) electrons. The van der Waals surface area contributed by atoms with Crippen LogP contribution in [0, 0.1) is 0 Å². The number of carbonyl (C=O) groups is 1. The van der Waals surface area contributed by atoms with E-state index in [4.69, 9.17) is 5.11 Å². The Morgan fingerprint density at radius 2 is 1.95 bits per heavy atom. The Labute approximate surface area is 109 Å². The van der Waals surface area contributed by atoms with Gasteiger partial charge in [-0.25, -0.2) is 0 Å². The third kappa shape index (κ3) is 4.90. The summed E-state index contributed by atoms with van der Waals surface area (Å²) in [6.07, 6.45) is -4.47. The van der Waals surface area contributed by atoms with E-state index in [1.807, 2.05) is 0 Å². The average Bonchev–Trinajstić information content (AvgIpc) is 2.33. The van der Waals surface area contributed by atoms with Gasteiger partial charge in [0, 0.05) is 13.1 Å². The zero-order chi connectivity index (χ0) is 14.5. The van der Waals surface area contributed by atoms with E-state index in [1.165, 1.54) is 12.1 Å². The van der Waals surface area contributed by atoms with Crippen molar-refractivity contribution in [3.05, 3.63) is 35.4 Å². The molecule has 0 aliphatic carbocycles. The lowest BCUT2D eigenvalue weighted by molar-refractivity contribution is -0.139. The third-order valence-electron chi connectivity index (χ3n) is 2.81. The second kappa shape index (κ2) is 6.56. The van der Waals surface area contributed by atoms with Crippen LogP contribution in [0.15, 0.2) is 24.3 Å². The molecule has 1 rings (SSSR count). The molecule has 0 spiro atoms. The monoisotopic (exact) mass is 275 g/mol. The summed E-state index contributed by atoms with van der Waals surface area (Å²) in [4.78, 5) is 12.2. The second-order valence-corrected chi connectivity index (χ2v) is 4.17. The second-order valence-electron chi connectivity index (χ2n) is 4.17. The maximum absolute atomic E-state index is 12.8. The number of nitrogens with zero attached hydrogens (tertiary/aromatic N) is 1. The van der Waals surface area contributed by atoms with Crippen molar-refractivity contribution in [3.8, 4) is 0 Å². The molecule has 0 bridgehead atoms. The van der Waals surface area contributed by atoms with Crippen molar-refractivity contribution in [1.82, 2.24) is 4.90 Å². The Balaban J connectivity index is 2.82. The number of carboxylic acids is 1. The number of alkyl halides is 3. The normalized spacial score (nSPS) is 11.8. The first-order valence-corrected chi connectivity index (χ1v) is 5.93. The lowest BCUT2D eigenvalue weighted by Gasteiger charge is -2.22. The topological polar surface area (TPSA) is 40.5 Å². The minimum atomic E-state index is -4.39. The lowest BCUT2D eigenvalue weighted by atomic mass is 10.1. The lowest BCUT2D eigenvalue weighted by Crippen LogP contribution is -2.27. The van der Waals surface area contributed by atoms with Crippen molar-refractivity contribution in [1.29, 1.82) is 0 Å². The molecule has 1 aromatic rings. The zero-order valence-corrected chi connectivity index (χ0v) is 10.6. The fourth-order valence-electron chi connectivity index (χ4n) is 1.78. The highest BCUT2D eigenvalue weighted by Gasteiger charge is 2.33. The Morgan fingerprint density at radius 3 is 2.47 bits per heavy atom. The molecule has 0 atom stereocenters. The molecule has 6 heteroatoms. The fraction of sp³-hybridized carbons (Fsp3) is 0.462. The molecule has 19 heavy (non-hydrogen) atoms. The summed E-state index contributed by atoms with van der Waals surface area (Å²) in [6, 6.07) is 5.36. The number of rotatable bonds is 6. The highest BCUT2D eigenvalue weighted by atomic mass is 19.4. The average molecular weight is 275 g/mol. The van der Waals surface area contributed by atoms with Gasteiger partial charge in [-0.1, -0.05) is 25.1 Å². The van der Waals surface area contributed by atoms with Crippen LogP contribution in [0.25, 0.3) is 0 Å². The van der Waals surface area contributed by atoms with Gasteiger partial charge in [-0.15, -0.1) is 0 Å². The molecule has 1 aromatic carbocycles. The number of aliphatic carboxylic acids is 1. The van der Waals surface area contributed by atoms with Crippen LogP contribution in [-0.4, -0.2) is 29.1 Å². The number of hydrogen-bond donors (Lipinski definition) is 1. The van der Waals surface area contributed by atoms with Gasteiger partial charge in [0.15, 0.2) is 0 Å². The van der Waals surface area contributed by atoms with Gasteiger partial charge in [0.05, 0.1) is 12.0 Å². The van der Waals surface area contributed by atoms with Crippen LogP contribution in [0.2, 0.25) is 0 Å². The highest BCUT2D eigenvalue weighted by Crippen LogP contribution is 2.32. The summed E-state index contributed by atoms with van der Waals surface area (Å²) in [5.41, 5.74) is -0.494. The maximum Gasteiger partial charge on any atom is 0.416 e. The highest BCUT2D eigenvalue weighted by molar-refractivity contribution is 5.66. The molecule has 1 N–H and O–H groups in total. The third-order valence-corrected chi connectivity index (χ3v) is 2.81. The van der Waals surface area contributed by atoms with Crippen LogP contribution in [0.5, 0.6) is 0 Å². The van der Waals surface area contributed by atoms with Crippen LogP contribution >= 0.6 is 0 Å². The zero-order valence-electron chi connectivity index (χ0n) is 10.6. The van der Waals surface area contributed by atoms with Crippen molar-refractivity contribution in [2.45, 2.75) is 26.1 Å². The molecule has 106 valence electrons. The van der Waals surface area contributed by atoms with Crippen LogP contribution in [0.3, 0.4) is 0 Å². The van der Waals surface area contributed by atoms with E-state index in [2.05, 4.69) is 0 Å². The van der Waals surface area contributed by atoms with Crippen LogP contribution in [-0.2, 0) is 17.5 Å². The quantitative estimate of drug-likeness (QED) is 0.867. The Kier molecular flexibility index (Phi) is 5.35. The summed E-state index contributed by atoms with van der Waals surface area (Å²) in [6.45, 7) is 2.62. The first kappa shape index (κ1) is 15.5. The van der Waals surface area contributed by atoms with Crippen LogP contribution < -0.4 is 0 Å². The summed E-state index contributed by atoms with van der Waals surface area (Å²) >= 11 is 0. The Morgan fingerprint density at radius 1 is 1.32 bits per heavy atom. The molecular weight excluding hydrogens is 259 g/mol. The molecule has 0 fully saturated rings. The van der Waals surface area contributed by atoms with Gasteiger partial charge in [0.25, 0.3) is 0 Å². The minimum Gasteiger partial charge on any atom is -0.481 e. The first-order chi connectivity index (χ1) is 8.84. The maximum atomic E-state index is 12.8. The molecule has 3 nitrogen and oxygen atoms in total. The number of carboxylic acid groups (broad SMARTS) is 1. The van der Waals surface area contributed by atoms with Gasteiger partial charge in [0.1, 0.15) is 0 Å². The van der Waals surface area contributed by atoms with Crippen molar-refractivity contribution >= 4 is 5.97 Å². The number of benzene rings is 1. The number of halogens is 3. The van der Waals surface area contributed by atoms with Gasteiger partial charge in [-0.05, 0) is 18.2 Å². The van der Waals surface area contributed by atoms with Crippen LogP contribution in [0.4, 0.5) is 13.2 Å². The smallest absolute Gasteiger partial charge is 0.416 e. The van der Waals surface area contributed by atoms with Crippen molar-refractivity contribution < 1.29 is 23.1 Å². The van der Waals surface area contributed by atoms with Crippen molar-refractivity contribution in [2.75, 3.05) is 13.1 Å². The predicted molar refractivity (Wildman–Crippen MR) is 64.6 cm³/mol. The molecule has 0 unspecified atom stereocenters. The van der Waals surface area contributed by atoms with Gasteiger partial charge in [0.2, 0.25) is 0 Å². The van der Waals surface area contributed by atoms with Gasteiger partial charge >= 0.3 is 12.1 Å². The Hall–Kier alpha value is -1.56. The van der Waals surface area contributed by atoms with Crippen LogP contribution in [0.1, 0.15) is 24.5 Å². The summed E-state index contributed by atoms with van der Waals surface area (Å²) in [5, 5.41) is 8.60. The van der Waals surface area contributed by atoms with Gasteiger partial charge in [-0.3, -0.25) is 9.69 Å². The van der Waals surface area contributed by atoms with E-state index in [9.17, 15) is 18.0 Å². The summed E-state index contributed by atoms with van der Waals surface area (Å²) in [5.74, 6) is -0.956. The minimum absolute atomic E-state index is 0.0813. The molecule has 0 heterocycles. The van der Waals surface area contributed by atoms with Gasteiger partial charge < -0.3 is 5.11 Å². The molecular formula is C13H16F3NO2. The largest absolute Gasteiger partial charge is 0.481 e. The summed E-state index contributed by atoms with van der Waals surface area (Å²) in [7, 11) is 0.